The van der Waals surface area contributed by atoms with E-state index in [-0.39, 0.29) is 30.8 Å². The summed E-state index contributed by atoms with van der Waals surface area (Å²) in [5.74, 6) is -0.152. The molecular weight excluding hydrogens is 230 g/mol. The molecule has 1 aliphatic rings. The second-order valence-electron chi connectivity index (χ2n) is 4.05. The molecule has 0 aromatic rings. The Kier molecular flexibility index (Phi) is 4.73. The number of nitrogens with zero attached hydrogens (tertiary/aromatic N) is 1. The van der Waals surface area contributed by atoms with Gasteiger partial charge < -0.3 is 4.74 Å². The molecule has 1 unspecified atom stereocenters. The lowest BCUT2D eigenvalue weighted by Gasteiger charge is -2.15. The van der Waals surface area contributed by atoms with Crippen LogP contribution >= 0.6 is 0 Å². The Bertz CT molecular complexity index is 339. The van der Waals surface area contributed by atoms with Crippen LogP contribution in [0.1, 0.15) is 26.7 Å². The van der Waals surface area contributed by atoms with Crippen LogP contribution in [0, 0.1) is 5.92 Å². The number of ether oxygens (including phenoxy) is 1. The third-order valence-electron chi connectivity index (χ3n) is 2.80. The molecule has 5 nitrogen and oxygen atoms in total. The van der Waals surface area contributed by atoms with Gasteiger partial charge in [-0.15, -0.1) is 0 Å². The number of carbonyl (C=O) groups is 1. The molecule has 0 saturated carbocycles. The van der Waals surface area contributed by atoms with Crippen molar-refractivity contribution in [2.24, 2.45) is 5.92 Å². The summed E-state index contributed by atoms with van der Waals surface area (Å²) < 4.78 is 29.2. The fourth-order valence-corrected chi connectivity index (χ4v) is 3.01. The van der Waals surface area contributed by atoms with Gasteiger partial charge in [0, 0.05) is 13.1 Å². The van der Waals surface area contributed by atoms with E-state index in [0.29, 0.717) is 13.0 Å². The number of carbonyl (C=O) groups excluding carboxylic acids is 1. The summed E-state index contributed by atoms with van der Waals surface area (Å²) in [6.07, 6.45) is 1.41. The predicted octanol–water partition coefficient (Wildman–Crippen LogP) is 0.611. The molecule has 0 aliphatic carbocycles. The Balaban J connectivity index is 2.28. The van der Waals surface area contributed by atoms with Gasteiger partial charge in [0.05, 0.1) is 11.7 Å². The topological polar surface area (TPSA) is 63.7 Å². The molecule has 1 atom stereocenters. The first-order valence-corrected chi connectivity index (χ1v) is 7.22. The van der Waals surface area contributed by atoms with Crippen molar-refractivity contribution in [3.8, 4) is 0 Å². The highest BCUT2D eigenvalue weighted by atomic mass is 32.2. The standard InChI is InChI=1S/C10H19NO4S/c1-3-9(2)10(12)15-7-6-11-5-4-8-16(11,13)14/h9H,3-8H2,1-2H3. The Hall–Kier alpha value is -0.620. The average Bonchev–Trinajstić information content (AvgIpc) is 2.57. The van der Waals surface area contributed by atoms with E-state index in [1.807, 2.05) is 6.92 Å². The minimum absolute atomic E-state index is 0.116. The average molecular weight is 249 g/mol. The van der Waals surface area contributed by atoms with E-state index in [1.54, 1.807) is 6.92 Å². The summed E-state index contributed by atoms with van der Waals surface area (Å²) in [7, 11) is -3.07. The Labute approximate surface area is 96.8 Å². The highest BCUT2D eigenvalue weighted by molar-refractivity contribution is 7.89. The zero-order valence-electron chi connectivity index (χ0n) is 9.81. The smallest absolute Gasteiger partial charge is 0.308 e. The van der Waals surface area contributed by atoms with E-state index in [1.165, 1.54) is 4.31 Å². The molecule has 1 saturated heterocycles. The van der Waals surface area contributed by atoms with Crippen molar-refractivity contribution >= 4 is 16.0 Å². The summed E-state index contributed by atoms with van der Waals surface area (Å²) >= 11 is 0. The van der Waals surface area contributed by atoms with Crippen LogP contribution in [0.5, 0.6) is 0 Å². The lowest BCUT2D eigenvalue weighted by Crippen LogP contribution is -2.30. The third-order valence-corrected chi connectivity index (χ3v) is 4.76. The summed E-state index contributed by atoms with van der Waals surface area (Å²) in [6.45, 7) is 4.70. The van der Waals surface area contributed by atoms with Crippen molar-refractivity contribution in [3.05, 3.63) is 0 Å². The van der Waals surface area contributed by atoms with Gasteiger partial charge in [-0.25, -0.2) is 8.42 Å². The molecule has 6 heteroatoms. The van der Waals surface area contributed by atoms with Gasteiger partial charge in [-0.3, -0.25) is 4.79 Å². The molecule has 0 spiro atoms. The molecule has 0 aromatic carbocycles. The van der Waals surface area contributed by atoms with Crippen molar-refractivity contribution in [3.63, 3.8) is 0 Å². The molecule has 16 heavy (non-hydrogen) atoms. The van der Waals surface area contributed by atoms with Gasteiger partial charge in [0.2, 0.25) is 10.0 Å². The molecule has 0 aromatic heterocycles. The maximum Gasteiger partial charge on any atom is 0.308 e. The second kappa shape index (κ2) is 5.63. The van der Waals surface area contributed by atoms with Gasteiger partial charge in [-0.2, -0.15) is 4.31 Å². The summed E-state index contributed by atoms with van der Waals surface area (Å²) in [6, 6.07) is 0. The van der Waals surface area contributed by atoms with Gasteiger partial charge in [-0.05, 0) is 12.8 Å². The largest absolute Gasteiger partial charge is 0.464 e. The minimum Gasteiger partial charge on any atom is -0.464 e. The summed E-state index contributed by atoms with van der Waals surface area (Å²) in [4.78, 5) is 11.3. The number of hydrogen-bond acceptors (Lipinski definition) is 4. The van der Waals surface area contributed by atoms with Crippen LogP contribution in [0.2, 0.25) is 0 Å². The van der Waals surface area contributed by atoms with E-state index >= 15 is 0 Å². The monoisotopic (exact) mass is 249 g/mol. The molecule has 94 valence electrons. The van der Waals surface area contributed by atoms with E-state index in [0.717, 1.165) is 6.42 Å². The predicted molar refractivity (Wildman–Crippen MR) is 60.4 cm³/mol. The summed E-state index contributed by atoms with van der Waals surface area (Å²) in [5.41, 5.74) is 0. The van der Waals surface area contributed by atoms with E-state index < -0.39 is 10.0 Å². The number of hydrogen-bond donors (Lipinski definition) is 0. The zero-order valence-corrected chi connectivity index (χ0v) is 10.6. The van der Waals surface area contributed by atoms with Crippen molar-refractivity contribution in [2.75, 3.05) is 25.4 Å². The van der Waals surface area contributed by atoms with Crippen LogP contribution in [0.3, 0.4) is 0 Å². The van der Waals surface area contributed by atoms with Crippen LogP contribution < -0.4 is 0 Å². The van der Waals surface area contributed by atoms with Crippen molar-refractivity contribution in [2.45, 2.75) is 26.7 Å². The molecule has 0 radical (unpaired) electrons. The van der Waals surface area contributed by atoms with Crippen LogP contribution in [0.4, 0.5) is 0 Å². The molecule has 0 amide bonds. The lowest BCUT2D eigenvalue weighted by molar-refractivity contribution is -0.148. The molecule has 0 bridgehead atoms. The number of esters is 1. The van der Waals surface area contributed by atoms with Crippen LogP contribution in [0.25, 0.3) is 0 Å². The first-order valence-electron chi connectivity index (χ1n) is 5.62. The summed E-state index contributed by atoms with van der Waals surface area (Å²) in [5, 5.41) is 0. The normalized spacial score (nSPS) is 21.9. The third kappa shape index (κ3) is 3.45. The zero-order chi connectivity index (χ0) is 12.2. The Morgan fingerprint density at radius 1 is 1.50 bits per heavy atom. The fraction of sp³-hybridized carbons (Fsp3) is 0.900. The minimum atomic E-state index is -3.07. The molecule has 1 aliphatic heterocycles. The number of sulfonamides is 1. The molecule has 1 heterocycles. The maximum absolute atomic E-state index is 11.4. The Morgan fingerprint density at radius 2 is 2.19 bits per heavy atom. The first-order chi connectivity index (χ1) is 7.47. The van der Waals surface area contributed by atoms with E-state index in [4.69, 9.17) is 4.74 Å². The SMILES string of the molecule is CCC(C)C(=O)OCCN1CCCS1(=O)=O. The molecule has 0 N–H and O–H groups in total. The quantitative estimate of drug-likeness (QED) is 0.670. The highest BCUT2D eigenvalue weighted by Crippen LogP contribution is 2.12. The molecule has 1 rings (SSSR count). The molecular formula is C10H19NO4S. The van der Waals surface area contributed by atoms with Crippen molar-refractivity contribution in [1.29, 1.82) is 0 Å². The van der Waals surface area contributed by atoms with Crippen LogP contribution in [0.15, 0.2) is 0 Å². The first kappa shape index (κ1) is 13.4. The van der Waals surface area contributed by atoms with Crippen LogP contribution in [-0.4, -0.2) is 44.1 Å². The van der Waals surface area contributed by atoms with Gasteiger partial charge in [0.1, 0.15) is 6.61 Å². The van der Waals surface area contributed by atoms with E-state index in [9.17, 15) is 13.2 Å². The highest BCUT2D eigenvalue weighted by Gasteiger charge is 2.27. The second-order valence-corrected chi connectivity index (χ2v) is 6.13. The fourth-order valence-electron chi connectivity index (χ4n) is 1.50. The van der Waals surface area contributed by atoms with Gasteiger partial charge >= 0.3 is 5.97 Å². The molecule has 1 fully saturated rings. The Morgan fingerprint density at radius 3 is 2.69 bits per heavy atom. The van der Waals surface area contributed by atoms with Crippen LogP contribution in [-0.2, 0) is 19.6 Å². The number of rotatable bonds is 5. The lowest BCUT2D eigenvalue weighted by atomic mass is 10.1. The van der Waals surface area contributed by atoms with Crippen molar-refractivity contribution < 1.29 is 17.9 Å². The van der Waals surface area contributed by atoms with Gasteiger partial charge in [0.25, 0.3) is 0 Å². The van der Waals surface area contributed by atoms with Gasteiger partial charge in [0.15, 0.2) is 0 Å². The van der Waals surface area contributed by atoms with E-state index in [2.05, 4.69) is 0 Å². The van der Waals surface area contributed by atoms with Crippen molar-refractivity contribution in [1.82, 2.24) is 4.31 Å². The maximum atomic E-state index is 11.4. The van der Waals surface area contributed by atoms with Gasteiger partial charge in [-0.1, -0.05) is 13.8 Å².